The fourth-order valence-corrected chi connectivity index (χ4v) is 11.4. The third kappa shape index (κ3) is 5.70. The highest BCUT2D eigenvalue weighted by Crippen LogP contribution is 2.57. The standard InChI is InChI=1S/C58H43NS/c1-57(2)52-32-14-16-34-55(52)60-56-39-41(35-36-53(56)57)40-19-18-26-46(38-40)59(45-24-7-4-8-25-45)54-33-15-11-27-47(54)42-20-17-23-44(37-42)58(43-21-5-3-6-22-43)50-30-12-9-28-48(50)49-29-10-13-31-51(49)58/h3-39H,1-2H3. The largest absolute Gasteiger partial charge is 0.310 e. The molecule has 0 fully saturated rings. The summed E-state index contributed by atoms with van der Waals surface area (Å²) in [6, 6.07) is 82.9. The van der Waals surface area contributed by atoms with Gasteiger partial charge in [0.05, 0.1) is 11.1 Å². The summed E-state index contributed by atoms with van der Waals surface area (Å²) in [7, 11) is 0. The zero-order valence-corrected chi connectivity index (χ0v) is 34.5. The molecule has 11 rings (SSSR count). The van der Waals surface area contributed by atoms with Crippen molar-refractivity contribution < 1.29 is 0 Å². The van der Waals surface area contributed by atoms with Gasteiger partial charge in [0.2, 0.25) is 0 Å². The first-order chi connectivity index (χ1) is 29.5. The first kappa shape index (κ1) is 36.2. The molecular formula is C58H43NS. The van der Waals surface area contributed by atoms with E-state index in [2.05, 4.69) is 243 Å². The van der Waals surface area contributed by atoms with Gasteiger partial charge in [-0.15, -0.1) is 0 Å². The van der Waals surface area contributed by atoms with Crippen LogP contribution in [-0.2, 0) is 10.8 Å². The highest BCUT2D eigenvalue weighted by atomic mass is 32.2. The van der Waals surface area contributed by atoms with Crippen LogP contribution in [0.3, 0.4) is 0 Å². The fraction of sp³-hybridized carbons (Fsp3) is 0.0690. The predicted octanol–water partition coefficient (Wildman–Crippen LogP) is 15.6. The number of fused-ring (bicyclic) bond motifs is 5. The van der Waals surface area contributed by atoms with Crippen LogP contribution < -0.4 is 4.90 Å². The van der Waals surface area contributed by atoms with Gasteiger partial charge in [0.15, 0.2) is 0 Å². The zero-order valence-electron chi connectivity index (χ0n) is 33.7. The number of hydrogen-bond acceptors (Lipinski definition) is 2. The summed E-state index contributed by atoms with van der Waals surface area (Å²) in [6.45, 7) is 4.70. The van der Waals surface area contributed by atoms with Crippen molar-refractivity contribution in [3.05, 3.63) is 258 Å². The van der Waals surface area contributed by atoms with Crippen molar-refractivity contribution in [2.24, 2.45) is 0 Å². The monoisotopic (exact) mass is 785 g/mol. The summed E-state index contributed by atoms with van der Waals surface area (Å²) in [6.07, 6.45) is 0. The lowest BCUT2D eigenvalue weighted by Crippen LogP contribution is -2.28. The van der Waals surface area contributed by atoms with E-state index >= 15 is 0 Å². The number of hydrogen-bond donors (Lipinski definition) is 0. The van der Waals surface area contributed by atoms with Gasteiger partial charge < -0.3 is 4.90 Å². The molecule has 2 heteroatoms. The van der Waals surface area contributed by atoms with E-state index < -0.39 is 5.41 Å². The van der Waals surface area contributed by atoms with Gasteiger partial charge in [-0.2, -0.15) is 0 Å². The second-order valence-corrected chi connectivity index (χ2v) is 17.5. The van der Waals surface area contributed by atoms with Crippen LogP contribution in [0.2, 0.25) is 0 Å². The molecule has 0 spiro atoms. The summed E-state index contributed by atoms with van der Waals surface area (Å²) < 4.78 is 0. The van der Waals surface area contributed by atoms with Gasteiger partial charge in [-0.05, 0) is 110 Å². The first-order valence-electron chi connectivity index (χ1n) is 20.8. The molecular weight excluding hydrogens is 743 g/mol. The molecule has 0 saturated carbocycles. The van der Waals surface area contributed by atoms with Crippen LogP contribution in [0.4, 0.5) is 17.1 Å². The van der Waals surface area contributed by atoms with Crippen molar-refractivity contribution in [3.8, 4) is 33.4 Å². The van der Waals surface area contributed by atoms with Crippen LogP contribution in [0, 0.1) is 0 Å². The van der Waals surface area contributed by atoms with Crippen LogP contribution in [0.1, 0.15) is 47.2 Å². The Morgan fingerprint density at radius 1 is 0.350 bits per heavy atom. The number of rotatable bonds is 7. The molecule has 2 aliphatic rings. The maximum absolute atomic E-state index is 2.44. The maximum atomic E-state index is 2.44. The molecule has 0 N–H and O–H groups in total. The minimum atomic E-state index is -0.475. The molecule has 0 aromatic heterocycles. The molecule has 1 nitrogen and oxygen atoms in total. The second-order valence-electron chi connectivity index (χ2n) is 16.5. The minimum absolute atomic E-state index is 0.0616. The third-order valence-electron chi connectivity index (χ3n) is 12.8. The van der Waals surface area contributed by atoms with Gasteiger partial charge >= 0.3 is 0 Å². The molecule has 1 aliphatic heterocycles. The van der Waals surface area contributed by atoms with Gasteiger partial charge in [-0.3, -0.25) is 0 Å². The lowest BCUT2D eigenvalue weighted by molar-refractivity contribution is 0.607. The van der Waals surface area contributed by atoms with Crippen LogP contribution in [0.25, 0.3) is 33.4 Å². The lowest BCUT2D eigenvalue weighted by atomic mass is 9.67. The van der Waals surface area contributed by atoms with E-state index in [9.17, 15) is 0 Å². The summed E-state index contributed by atoms with van der Waals surface area (Å²) in [4.78, 5) is 5.09. The molecule has 1 heterocycles. The quantitative estimate of drug-likeness (QED) is 0.158. The van der Waals surface area contributed by atoms with Gasteiger partial charge in [0, 0.05) is 32.1 Å². The summed E-state index contributed by atoms with van der Waals surface area (Å²) in [5.41, 5.74) is 18.1. The van der Waals surface area contributed by atoms with E-state index in [0.29, 0.717) is 0 Å². The Labute approximate surface area is 357 Å². The van der Waals surface area contributed by atoms with Crippen molar-refractivity contribution in [1.29, 1.82) is 0 Å². The highest BCUT2D eigenvalue weighted by molar-refractivity contribution is 7.99. The maximum Gasteiger partial charge on any atom is 0.0713 e. The van der Waals surface area contributed by atoms with Gasteiger partial charge in [-0.1, -0.05) is 202 Å². The average molecular weight is 786 g/mol. The van der Waals surface area contributed by atoms with Gasteiger partial charge in [0.25, 0.3) is 0 Å². The van der Waals surface area contributed by atoms with E-state index in [0.717, 1.165) is 17.1 Å². The van der Waals surface area contributed by atoms with Crippen molar-refractivity contribution >= 4 is 28.8 Å². The molecule has 9 aromatic rings. The summed E-state index contributed by atoms with van der Waals surface area (Å²) in [5.74, 6) is 0. The highest BCUT2D eigenvalue weighted by Gasteiger charge is 2.46. The third-order valence-corrected chi connectivity index (χ3v) is 13.9. The van der Waals surface area contributed by atoms with Crippen molar-refractivity contribution in [2.75, 3.05) is 4.90 Å². The first-order valence-corrected chi connectivity index (χ1v) is 21.7. The van der Waals surface area contributed by atoms with Gasteiger partial charge in [-0.25, -0.2) is 0 Å². The van der Waals surface area contributed by atoms with Crippen molar-refractivity contribution in [3.63, 3.8) is 0 Å². The molecule has 0 radical (unpaired) electrons. The molecule has 0 unspecified atom stereocenters. The zero-order chi connectivity index (χ0) is 40.3. The van der Waals surface area contributed by atoms with Crippen LogP contribution in [-0.4, -0.2) is 0 Å². The number of anilines is 3. The molecule has 286 valence electrons. The molecule has 0 atom stereocenters. The van der Waals surface area contributed by atoms with E-state index in [1.807, 2.05) is 11.8 Å². The molecule has 0 amide bonds. The Hall–Kier alpha value is -6.87. The van der Waals surface area contributed by atoms with Crippen LogP contribution >= 0.6 is 11.8 Å². The van der Waals surface area contributed by atoms with Crippen LogP contribution in [0.15, 0.2) is 234 Å². The Balaban J connectivity index is 1.05. The smallest absolute Gasteiger partial charge is 0.0713 e. The molecule has 0 saturated heterocycles. The number of benzene rings is 9. The minimum Gasteiger partial charge on any atom is -0.310 e. The van der Waals surface area contributed by atoms with Crippen LogP contribution in [0.5, 0.6) is 0 Å². The van der Waals surface area contributed by atoms with E-state index in [1.165, 1.54) is 76.6 Å². The molecule has 0 bridgehead atoms. The van der Waals surface area contributed by atoms with E-state index in [4.69, 9.17) is 0 Å². The fourth-order valence-electron chi connectivity index (χ4n) is 10.0. The Morgan fingerprint density at radius 2 is 0.883 bits per heavy atom. The second kappa shape index (κ2) is 14.4. The van der Waals surface area contributed by atoms with Gasteiger partial charge in [0.1, 0.15) is 0 Å². The Kier molecular flexibility index (Phi) is 8.72. The summed E-state index contributed by atoms with van der Waals surface area (Å²) >= 11 is 1.89. The Morgan fingerprint density at radius 3 is 1.63 bits per heavy atom. The SMILES string of the molecule is CC1(C)c2ccccc2Sc2cc(-c3cccc(N(c4ccccc4)c4ccccc4-c4cccc(C5(c6ccccc6)c6ccccc6-c6ccccc65)c4)c3)ccc21. The topological polar surface area (TPSA) is 3.24 Å². The predicted molar refractivity (Wildman–Crippen MR) is 252 cm³/mol. The van der Waals surface area contributed by atoms with Crippen molar-refractivity contribution in [2.45, 2.75) is 34.5 Å². The number of nitrogens with zero attached hydrogens (tertiary/aromatic N) is 1. The van der Waals surface area contributed by atoms with E-state index in [-0.39, 0.29) is 5.41 Å². The molecule has 60 heavy (non-hydrogen) atoms. The Bertz CT molecular complexity index is 3010. The van der Waals surface area contributed by atoms with Crippen molar-refractivity contribution in [1.82, 2.24) is 0 Å². The molecule has 9 aromatic carbocycles. The van der Waals surface area contributed by atoms with E-state index in [1.54, 1.807) is 0 Å². The number of para-hydroxylation sites is 2. The normalized spacial score (nSPS) is 14.0. The summed E-state index contributed by atoms with van der Waals surface area (Å²) in [5, 5.41) is 0. The lowest BCUT2D eigenvalue weighted by Gasteiger charge is -2.34. The average Bonchev–Trinajstić information content (AvgIpc) is 3.61. The molecule has 1 aliphatic carbocycles.